The number of benzene rings is 1. The maximum Gasteiger partial charge on any atom is 0.254 e. The monoisotopic (exact) mass is 338 g/mol. The molecule has 1 aromatic carbocycles. The van der Waals surface area contributed by atoms with E-state index in [9.17, 15) is 15.0 Å². The summed E-state index contributed by atoms with van der Waals surface area (Å²) in [6, 6.07) is 4.78. The predicted molar refractivity (Wildman–Crippen MR) is 88.8 cm³/mol. The summed E-state index contributed by atoms with van der Waals surface area (Å²) in [5.74, 6) is -0.170. The fourth-order valence-electron chi connectivity index (χ4n) is 4.03. The van der Waals surface area contributed by atoms with Crippen LogP contribution >= 0.6 is 11.6 Å². The van der Waals surface area contributed by atoms with Gasteiger partial charge in [0.2, 0.25) is 0 Å². The normalized spacial score (nSPS) is 28.5. The van der Waals surface area contributed by atoms with Gasteiger partial charge in [-0.2, -0.15) is 0 Å². The Bertz CT molecular complexity index is 610. The van der Waals surface area contributed by atoms with Crippen molar-refractivity contribution in [2.75, 3.05) is 33.3 Å². The van der Waals surface area contributed by atoms with Crippen LogP contribution in [0.4, 0.5) is 0 Å². The Labute approximate surface area is 141 Å². The number of hydrogen-bond acceptors (Lipinski definition) is 4. The predicted octanol–water partition coefficient (Wildman–Crippen LogP) is 1.96. The van der Waals surface area contributed by atoms with Crippen molar-refractivity contribution >= 4 is 17.5 Å². The van der Waals surface area contributed by atoms with E-state index in [-0.39, 0.29) is 34.7 Å². The summed E-state index contributed by atoms with van der Waals surface area (Å²) < 4.78 is 0. The molecule has 0 spiro atoms. The van der Waals surface area contributed by atoms with E-state index >= 15 is 0 Å². The first-order valence-electron chi connectivity index (χ1n) is 8.06. The molecule has 126 valence electrons. The van der Waals surface area contributed by atoms with Gasteiger partial charge in [0.1, 0.15) is 5.75 Å². The number of fused-ring (bicyclic) bond motifs is 1. The Morgan fingerprint density at radius 3 is 2.87 bits per heavy atom. The summed E-state index contributed by atoms with van der Waals surface area (Å²) in [7, 11) is 2.07. The van der Waals surface area contributed by atoms with Crippen LogP contribution in [0.3, 0.4) is 0 Å². The molecule has 6 heteroatoms. The smallest absolute Gasteiger partial charge is 0.254 e. The molecule has 5 nitrogen and oxygen atoms in total. The van der Waals surface area contributed by atoms with E-state index in [1.54, 1.807) is 12.1 Å². The molecule has 0 radical (unpaired) electrons. The van der Waals surface area contributed by atoms with Crippen LogP contribution in [-0.2, 0) is 0 Å². The van der Waals surface area contributed by atoms with Gasteiger partial charge in [0.25, 0.3) is 5.91 Å². The van der Waals surface area contributed by atoms with E-state index in [4.69, 9.17) is 11.6 Å². The van der Waals surface area contributed by atoms with Gasteiger partial charge in [-0.3, -0.25) is 4.79 Å². The van der Waals surface area contributed by atoms with Crippen molar-refractivity contribution in [2.45, 2.75) is 25.3 Å². The second kappa shape index (κ2) is 6.30. The van der Waals surface area contributed by atoms with Gasteiger partial charge in [0, 0.05) is 30.1 Å². The van der Waals surface area contributed by atoms with Gasteiger partial charge in [0.15, 0.2) is 0 Å². The molecule has 2 aliphatic rings. The lowest BCUT2D eigenvalue weighted by molar-refractivity contribution is -0.0601. The molecule has 0 aromatic heterocycles. The number of carbonyl (C=O) groups is 1. The van der Waals surface area contributed by atoms with Crippen LogP contribution in [0.2, 0.25) is 5.02 Å². The molecule has 2 aliphatic heterocycles. The van der Waals surface area contributed by atoms with Crippen molar-refractivity contribution in [2.24, 2.45) is 5.41 Å². The van der Waals surface area contributed by atoms with Crippen molar-refractivity contribution in [1.29, 1.82) is 0 Å². The zero-order chi connectivity index (χ0) is 16.6. The summed E-state index contributed by atoms with van der Waals surface area (Å²) in [5, 5.41) is 19.9. The Morgan fingerprint density at radius 2 is 2.17 bits per heavy atom. The number of piperidine rings is 2. The molecule has 23 heavy (non-hydrogen) atoms. The molecular formula is C17H23ClN2O3. The van der Waals surface area contributed by atoms with Crippen LogP contribution in [0, 0.1) is 5.41 Å². The largest absolute Gasteiger partial charge is 0.506 e. The molecule has 2 saturated heterocycles. The lowest BCUT2D eigenvalue weighted by Crippen LogP contribution is -2.62. The van der Waals surface area contributed by atoms with E-state index < -0.39 is 0 Å². The number of phenols is 1. The standard InChI is InChI=1S/C17H23ClN2O3/c1-19-7-2-5-17(11-21)6-8-20(10-15(17)19)16(23)12-3-4-13(18)14(22)9-12/h3-4,9,15,21-22H,2,5-8,10-11H2,1H3/t15-,17-/m1/s1. The SMILES string of the molecule is CN1CCC[C@]2(CO)CCN(C(=O)c3ccc(Cl)c(O)c3)C[C@@H]12. The van der Waals surface area contributed by atoms with Gasteiger partial charge < -0.3 is 20.0 Å². The van der Waals surface area contributed by atoms with E-state index in [1.807, 2.05) is 4.90 Å². The average Bonchev–Trinajstić information content (AvgIpc) is 2.56. The first-order chi connectivity index (χ1) is 11.0. The first-order valence-corrected chi connectivity index (χ1v) is 8.43. The maximum absolute atomic E-state index is 12.7. The number of rotatable bonds is 2. The second-order valence-corrected chi connectivity index (χ2v) is 7.20. The maximum atomic E-state index is 12.7. The Hall–Kier alpha value is -1.30. The van der Waals surface area contributed by atoms with Crippen molar-refractivity contribution in [3.63, 3.8) is 0 Å². The quantitative estimate of drug-likeness (QED) is 0.865. The Kier molecular flexibility index (Phi) is 4.54. The average molecular weight is 339 g/mol. The van der Waals surface area contributed by atoms with Gasteiger partial charge in [-0.05, 0) is 51.1 Å². The fraction of sp³-hybridized carbons (Fsp3) is 0.588. The van der Waals surface area contributed by atoms with Crippen LogP contribution in [0.5, 0.6) is 5.75 Å². The number of aliphatic hydroxyl groups is 1. The lowest BCUT2D eigenvalue weighted by Gasteiger charge is -2.53. The number of halogens is 1. The topological polar surface area (TPSA) is 64.0 Å². The summed E-state index contributed by atoms with van der Waals surface area (Å²) >= 11 is 5.81. The number of likely N-dealkylation sites (tertiary alicyclic amines) is 2. The number of aromatic hydroxyl groups is 1. The highest BCUT2D eigenvalue weighted by atomic mass is 35.5. The third kappa shape index (κ3) is 2.93. The number of aliphatic hydroxyl groups excluding tert-OH is 1. The van der Waals surface area contributed by atoms with Crippen LogP contribution in [0.15, 0.2) is 18.2 Å². The molecule has 2 fully saturated rings. The number of nitrogens with zero attached hydrogens (tertiary/aromatic N) is 2. The van der Waals surface area contributed by atoms with Gasteiger partial charge in [-0.15, -0.1) is 0 Å². The summed E-state index contributed by atoms with van der Waals surface area (Å²) in [4.78, 5) is 16.8. The minimum Gasteiger partial charge on any atom is -0.506 e. The molecule has 1 amide bonds. The lowest BCUT2D eigenvalue weighted by atomic mass is 9.69. The third-order valence-electron chi connectivity index (χ3n) is 5.49. The molecule has 0 aliphatic carbocycles. The number of phenolic OH excluding ortho intramolecular Hbond substituents is 1. The summed E-state index contributed by atoms with van der Waals surface area (Å²) in [6.45, 7) is 2.41. The first kappa shape index (κ1) is 16.6. The van der Waals surface area contributed by atoms with E-state index in [0.717, 1.165) is 25.8 Å². The summed E-state index contributed by atoms with van der Waals surface area (Å²) in [6.07, 6.45) is 2.92. The minimum absolute atomic E-state index is 0.0750. The molecule has 0 bridgehead atoms. The molecule has 2 heterocycles. The highest BCUT2D eigenvalue weighted by Crippen LogP contribution is 2.41. The molecule has 2 N–H and O–H groups in total. The fourth-order valence-corrected chi connectivity index (χ4v) is 4.15. The number of amides is 1. The number of hydrogen-bond donors (Lipinski definition) is 2. The van der Waals surface area contributed by atoms with E-state index in [0.29, 0.717) is 18.7 Å². The van der Waals surface area contributed by atoms with Gasteiger partial charge in [0.05, 0.1) is 11.6 Å². The molecule has 0 saturated carbocycles. The highest BCUT2D eigenvalue weighted by molar-refractivity contribution is 6.32. The Morgan fingerprint density at radius 1 is 1.39 bits per heavy atom. The molecular weight excluding hydrogens is 316 g/mol. The van der Waals surface area contributed by atoms with Gasteiger partial charge >= 0.3 is 0 Å². The van der Waals surface area contributed by atoms with E-state index in [2.05, 4.69) is 11.9 Å². The van der Waals surface area contributed by atoms with Crippen molar-refractivity contribution in [3.05, 3.63) is 28.8 Å². The van der Waals surface area contributed by atoms with Crippen molar-refractivity contribution in [3.8, 4) is 5.75 Å². The second-order valence-electron chi connectivity index (χ2n) is 6.79. The highest BCUT2D eigenvalue weighted by Gasteiger charge is 2.47. The van der Waals surface area contributed by atoms with Crippen LogP contribution in [-0.4, -0.2) is 65.3 Å². The molecule has 3 rings (SSSR count). The molecule has 0 unspecified atom stereocenters. The number of likely N-dealkylation sites (N-methyl/N-ethyl adjacent to an activating group) is 1. The molecule has 2 atom stereocenters. The third-order valence-corrected chi connectivity index (χ3v) is 5.81. The van der Waals surface area contributed by atoms with Gasteiger partial charge in [-0.25, -0.2) is 0 Å². The van der Waals surface area contributed by atoms with Gasteiger partial charge in [-0.1, -0.05) is 11.6 Å². The molecule has 1 aromatic rings. The number of carbonyl (C=O) groups excluding carboxylic acids is 1. The minimum atomic E-state index is -0.0949. The van der Waals surface area contributed by atoms with Crippen LogP contribution < -0.4 is 0 Å². The van der Waals surface area contributed by atoms with Crippen LogP contribution in [0.1, 0.15) is 29.6 Å². The summed E-state index contributed by atoms with van der Waals surface area (Å²) in [5.41, 5.74) is 0.355. The van der Waals surface area contributed by atoms with Crippen molar-refractivity contribution in [1.82, 2.24) is 9.80 Å². The van der Waals surface area contributed by atoms with E-state index in [1.165, 1.54) is 6.07 Å². The zero-order valence-electron chi connectivity index (χ0n) is 13.3. The van der Waals surface area contributed by atoms with Crippen LogP contribution in [0.25, 0.3) is 0 Å². The zero-order valence-corrected chi connectivity index (χ0v) is 14.1. The Balaban J connectivity index is 1.80. The van der Waals surface area contributed by atoms with Crippen molar-refractivity contribution < 1.29 is 15.0 Å².